The Hall–Kier alpha value is -0.940. The van der Waals surface area contributed by atoms with E-state index in [1.54, 1.807) is 0 Å². The van der Waals surface area contributed by atoms with Gasteiger partial charge in [-0.05, 0) is 18.4 Å². The second kappa shape index (κ2) is 16.8. The zero-order valence-corrected chi connectivity index (χ0v) is 18.7. The lowest BCUT2D eigenvalue weighted by Gasteiger charge is -2.43. The SMILES string of the molecule is CCCCCCCCCCCCC(CO)(Cc1ccccc1)N(CCO)CCO. The lowest BCUT2D eigenvalue weighted by atomic mass is 9.84. The standard InChI is InChI=1S/C25H45NO3/c1-2-3-4-5-6-7-8-9-10-14-17-25(23-29,26(18-20-27)19-21-28)22-24-15-12-11-13-16-24/h11-13,15-16,27-29H,2-10,14,17-23H2,1H3. The summed E-state index contributed by atoms with van der Waals surface area (Å²) in [7, 11) is 0. The van der Waals surface area contributed by atoms with Crippen molar-refractivity contribution in [1.29, 1.82) is 0 Å². The van der Waals surface area contributed by atoms with Crippen LogP contribution in [0.15, 0.2) is 30.3 Å². The maximum atomic E-state index is 10.4. The van der Waals surface area contributed by atoms with Crippen LogP contribution in [0.3, 0.4) is 0 Å². The molecule has 168 valence electrons. The van der Waals surface area contributed by atoms with Crippen LogP contribution in [0.25, 0.3) is 0 Å². The van der Waals surface area contributed by atoms with Crippen molar-refractivity contribution in [2.45, 2.75) is 89.5 Å². The minimum Gasteiger partial charge on any atom is -0.395 e. The van der Waals surface area contributed by atoms with Gasteiger partial charge in [0.15, 0.2) is 0 Å². The first kappa shape index (κ1) is 26.1. The molecule has 0 aliphatic rings. The Bertz CT molecular complexity index is 476. The quantitative estimate of drug-likeness (QED) is 0.294. The predicted molar refractivity (Wildman–Crippen MR) is 122 cm³/mol. The van der Waals surface area contributed by atoms with Gasteiger partial charge >= 0.3 is 0 Å². The van der Waals surface area contributed by atoms with Crippen LogP contribution in [-0.2, 0) is 6.42 Å². The third kappa shape index (κ3) is 10.6. The zero-order valence-electron chi connectivity index (χ0n) is 18.7. The van der Waals surface area contributed by atoms with Gasteiger partial charge in [0.2, 0.25) is 0 Å². The average molecular weight is 408 g/mol. The number of unbranched alkanes of at least 4 members (excludes halogenated alkanes) is 9. The van der Waals surface area contributed by atoms with E-state index in [-0.39, 0.29) is 19.8 Å². The molecule has 0 bridgehead atoms. The smallest absolute Gasteiger partial charge is 0.0618 e. The Balaban J connectivity index is 2.55. The predicted octanol–water partition coefficient (Wildman–Crippen LogP) is 4.56. The average Bonchev–Trinajstić information content (AvgIpc) is 2.75. The first-order chi connectivity index (χ1) is 14.2. The van der Waals surface area contributed by atoms with E-state index >= 15 is 0 Å². The van der Waals surface area contributed by atoms with E-state index in [1.165, 1.54) is 63.4 Å². The fraction of sp³-hybridized carbons (Fsp3) is 0.760. The molecular weight excluding hydrogens is 362 g/mol. The molecule has 0 saturated carbocycles. The Labute approximate surface area is 179 Å². The largest absolute Gasteiger partial charge is 0.395 e. The first-order valence-electron chi connectivity index (χ1n) is 11.8. The number of aliphatic hydroxyl groups is 3. The highest BCUT2D eigenvalue weighted by Crippen LogP contribution is 2.28. The van der Waals surface area contributed by atoms with Crippen LogP contribution >= 0.6 is 0 Å². The topological polar surface area (TPSA) is 63.9 Å². The fourth-order valence-corrected chi connectivity index (χ4v) is 4.34. The number of rotatable bonds is 19. The number of benzene rings is 1. The summed E-state index contributed by atoms with van der Waals surface area (Å²) in [4.78, 5) is 2.09. The number of β-amino-alcohol motifs (C(OH)–C–C–N with tert-alkyl or cyclic N) is 2. The van der Waals surface area contributed by atoms with Crippen LogP contribution < -0.4 is 0 Å². The van der Waals surface area contributed by atoms with Crippen LogP contribution in [0.4, 0.5) is 0 Å². The third-order valence-corrected chi connectivity index (χ3v) is 6.08. The first-order valence-corrected chi connectivity index (χ1v) is 11.8. The third-order valence-electron chi connectivity index (χ3n) is 6.08. The van der Waals surface area contributed by atoms with Crippen molar-refractivity contribution in [3.63, 3.8) is 0 Å². The molecular formula is C25H45NO3. The number of nitrogens with zero attached hydrogens (tertiary/aromatic N) is 1. The molecule has 0 aliphatic heterocycles. The molecule has 0 amide bonds. The van der Waals surface area contributed by atoms with E-state index in [9.17, 15) is 15.3 Å². The van der Waals surface area contributed by atoms with Crippen molar-refractivity contribution >= 4 is 0 Å². The molecule has 0 spiro atoms. The summed E-state index contributed by atoms with van der Waals surface area (Å²) in [5.41, 5.74) is 0.766. The van der Waals surface area contributed by atoms with Gasteiger partial charge in [0.05, 0.1) is 19.8 Å². The highest BCUT2D eigenvalue weighted by atomic mass is 16.3. The normalized spacial score (nSPS) is 13.7. The van der Waals surface area contributed by atoms with Crippen LogP contribution in [0.1, 0.15) is 83.1 Å². The van der Waals surface area contributed by atoms with Gasteiger partial charge < -0.3 is 15.3 Å². The van der Waals surface area contributed by atoms with Crippen molar-refractivity contribution in [1.82, 2.24) is 4.90 Å². The van der Waals surface area contributed by atoms with Crippen LogP contribution in [0.2, 0.25) is 0 Å². The molecule has 0 saturated heterocycles. The molecule has 4 nitrogen and oxygen atoms in total. The summed E-state index contributed by atoms with van der Waals surface area (Å²) in [5, 5.41) is 29.5. The van der Waals surface area contributed by atoms with Crippen molar-refractivity contribution < 1.29 is 15.3 Å². The summed E-state index contributed by atoms with van der Waals surface area (Å²) < 4.78 is 0. The molecule has 1 aromatic carbocycles. The highest BCUT2D eigenvalue weighted by molar-refractivity contribution is 5.18. The maximum Gasteiger partial charge on any atom is 0.0618 e. The van der Waals surface area contributed by atoms with Gasteiger partial charge in [0.25, 0.3) is 0 Å². The Kier molecular flexibility index (Phi) is 15.1. The van der Waals surface area contributed by atoms with Gasteiger partial charge in [-0.15, -0.1) is 0 Å². The molecule has 3 N–H and O–H groups in total. The van der Waals surface area contributed by atoms with E-state index in [2.05, 4.69) is 24.0 Å². The summed E-state index contributed by atoms with van der Waals surface area (Å²) in [6.45, 7) is 3.33. The van der Waals surface area contributed by atoms with Crippen molar-refractivity contribution in [2.24, 2.45) is 0 Å². The van der Waals surface area contributed by atoms with Gasteiger partial charge in [-0.2, -0.15) is 0 Å². The lowest BCUT2D eigenvalue weighted by Crippen LogP contribution is -2.55. The Morgan fingerprint density at radius 2 is 1.24 bits per heavy atom. The van der Waals surface area contributed by atoms with E-state index in [0.29, 0.717) is 13.1 Å². The van der Waals surface area contributed by atoms with Crippen molar-refractivity contribution in [3.8, 4) is 0 Å². The molecule has 1 rings (SSSR count). The fourth-order valence-electron chi connectivity index (χ4n) is 4.34. The summed E-state index contributed by atoms with van der Waals surface area (Å²) in [5.74, 6) is 0. The number of hydrogen-bond acceptors (Lipinski definition) is 4. The van der Waals surface area contributed by atoms with Gasteiger partial charge in [-0.1, -0.05) is 101 Å². The minimum absolute atomic E-state index is 0.0363. The van der Waals surface area contributed by atoms with Gasteiger partial charge in [0, 0.05) is 18.6 Å². The molecule has 0 fully saturated rings. The van der Waals surface area contributed by atoms with E-state index in [1.807, 2.05) is 18.2 Å². The molecule has 0 radical (unpaired) electrons. The maximum absolute atomic E-state index is 10.4. The monoisotopic (exact) mass is 407 g/mol. The molecule has 1 aromatic rings. The van der Waals surface area contributed by atoms with Crippen LogP contribution in [0.5, 0.6) is 0 Å². The summed E-state index contributed by atoms with van der Waals surface area (Å²) in [6.07, 6.45) is 14.5. The van der Waals surface area contributed by atoms with E-state index in [0.717, 1.165) is 19.3 Å². The van der Waals surface area contributed by atoms with Crippen LogP contribution in [0, 0.1) is 0 Å². The molecule has 4 heteroatoms. The Morgan fingerprint density at radius 3 is 1.72 bits per heavy atom. The van der Waals surface area contributed by atoms with Crippen molar-refractivity contribution in [2.75, 3.05) is 32.9 Å². The number of aliphatic hydroxyl groups excluding tert-OH is 3. The summed E-state index contributed by atoms with van der Waals surface area (Å²) in [6, 6.07) is 10.3. The minimum atomic E-state index is -0.424. The zero-order chi connectivity index (χ0) is 21.2. The summed E-state index contributed by atoms with van der Waals surface area (Å²) >= 11 is 0. The molecule has 1 atom stereocenters. The van der Waals surface area contributed by atoms with E-state index < -0.39 is 5.54 Å². The number of hydrogen-bond donors (Lipinski definition) is 3. The molecule has 0 heterocycles. The second-order valence-corrected chi connectivity index (χ2v) is 8.41. The molecule has 1 unspecified atom stereocenters. The molecule has 0 aromatic heterocycles. The van der Waals surface area contributed by atoms with Gasteiger partial charge in [0.1, 0.15) is 0 Å². The second-order valence-electron chi connectivity index (χ2n) is 8.41. The van der Waals surface area contributed by atoms with Gasteiger partial charge in [-0.3, -0.25) is 4.90 Å². The lowest BCUT2D eigenvalue weighted by molar-refractivity contribution is 0.00000404. The van der Waals surface area contributed by atoms with E-state index in [4.69, 9.17) is 0 Å². The molecule has 0 aliphatic carbocycles. The van der Waals surface area contributed by atoms with Gasteiger partial charge in [-0.25, -0.2) is 0 Å². The molecule has 29 heavy (non-hydrogen) atoms. The van der Waals surface area contributed by atoms with Crippen LogP contribution in [-0.4, -0.2) is 58.7 Å². The highest BCUT2D eigenvalue weighted by Gasteiger charge is 2.35. The Morgan fingerprint density at radius 1 is 0.724 bits per heavy atom. The van der Waals surface area contributed by atoms with Crippen molar-refractivity contribution in [3.05, 3.63) is 35.9 Å².